The fraction of sp³-hybridized carbons (Fsp3) is 0.241. The summed E-state index contributed by atoms with van der Waals surface area (Å²) in [5.74, 6) is 0.370. The highest BCUT2D eigenvalue weighted by molar-refractivity contribution is 9.10. The van der Waals surface area contributed by atoms with Crippen LogP contribution in [-0.2, 0) is 13.0 Å². The van der Waals surface area contributed by atoms with Crippen molar-refractivity contribution in [3.05, 3.63) is 97.0 Å². The van der Waals surface area contributed by atoms with E-state index in [-0.39, 0.29) is 17.7 Å². The molecule has 0 amide bonds. The standard InChI is InChI=1S/C29H27BrClN3O5/c1-3-5-6-26-33-24-12-11-21(30)15-22(24)28(35)34(26)32-16-19-13-23(31)27(25(14-19)38-4-2)39-17-18-7-9-20(10-8-18)29(36)37/h7-16H,3-6,17H2,1-2H3,(H,36,37). The molecule has 1 heterocycles. The van der Waals surface area contributed by atoms with Gasteiger partial charge in [-0.3, -0.25) is 4.79 Å². The number of carboxylic acid groups (broad SMARTS) is 1. The summed E-state index contributed by atoms with van der Waals surface area (Å²) in [5.41, 5.74) is 1.96. The minimum atomic E-state index is -0.992. The van der Waals surface area contributed by atoms with Gasteiger partial charge >= 0.3 is 5.97 Å². The second-order valence-corrected chi connectivity index (χ2v) is 10.0. The lowest BCUT2D eigenvalue weighted by molar-refractivity contribution is 0.0697. The number of halogens is 2. The van der Waals surface area contributed by atoms with Gasteiger partial charge in [-0.25, -0.2) is 9.78 Å². The molecule has 0 saturated heterocycles. The van der Waals surface area contributed by atoms with Crippen molar-refractivity contribution in [2.75, 3.05) is 6.61 Å². The smallest absolute Gasteiger partial charge is 0.335 e. The Bertz CT molecular complexity index is 1590. The number of hydrogen-bond acceptors (Lipinski definition) is 6. The fourth-order valence-electron chi connectivity index (χ4n) is 3.90. The van der Waals surface area contributed by atoms with Crippen LogP contribution in [0.2, 0.25) is 5.02 Å². The van der Waals surface area contributed by atoms with E-state index in [4.69, 9.17) is 31.2 Å². The van der Waals surface area contributed by atoms with Crippen LogP contribution < -0.4 is 15.0 Å². The number of carboxylic acids is 1. The first kappa shape index (κ1) is 28.3. The predicted octanol–water partition coefficient (Wildman–Crippen LogP) is 6.71. The van der Waals surface area contributed by atoms with Gasteiger partial charge in [0.05, 0.1) is 34.3 Å². The number of benzene rings is 3. The quantitative estimate of drug-likeness (QED) is 0.189. The second-order valence-electron chi connectivity index (χ2n) is 8.71. The molecule has 0 bridgehead atoms. The number of rotatable bonds is 11. The summed E-state index contributed by atoms with van der Waals surface area (Å²) in [5, 5.41) is 14.4. The number of unbranched alkanes of at least 4 members (excludes halogenated alkanes) is 1. The molecule has 0 aliphatic heterocycles. The van der Waals surface area contributed by atoms with E-state index in [1.807, 2.05) is 19.1 Å². The molecule has 3 aromatic carbocycles. The molecule has 202 valence electrons. The molecule has 0 aliphatic carbocycles. The van der Waals surface area contributed by atoms with Crippen molar-refractivity contribution in [3.8, 4) is 11.5 Å². The van der Waals surface area contributed by atoms with E-state index < -0.39 is 5.97 Å². The van der Waals surface area contributed by atoms with Gasteiger partial charge in [-0.15, -0.1) is 0 Å². The summed E-state index contributed by atoms with van der Waals surface area (Å²) in [6.45, 7) is 4.48. The molecule has 39 heavy (non-hydrogen) atoms. The first-order valence-electron chi connectivity index (χ1n) is 12.5. The Balaban J connectivity index is 1.65. The van der Waals surface area contributed by atoms with Crippen molar-refractivity contribution in [2.45, 2.75) is 39.7 Å². The number of ether oxygens (including phenoxy) is 2. The highest BCUT2D eigenvalue weighted by Gasteiger charge is 2.14. The number of carbonyl (C=O) groups is 1. The number of aryl methyl sites for hydroxylation is 1. The van der Waals surface area contributed by atoms with Crippen molar-refractivity contribution in [3.63, 3.8) is 0 Å². The number of nitrogens with zero attached hydrogens (tertiary/aromatic N) is 3. The number of aromatic carboxylic acids is 1. The lowest BCUT2D eigenvalue weighted by Crippen LogP contribution is -2.22. The van der Waals surface area contributed by atoms with E-state index in [0.717, 1.165) is 22.9 Å². The molecule has 0 unspecified atom stereocenters. The van der Waals surface area contributed by atoms with Gasteiger partial charge in [-0.2, -0.15) is 9.78 Å². The lowest BCUT2D eigenvalue weighted by atomic mass is 10.1. The third kappa shape index (κ3) is 6.85. The van der Waals surface area contributed by atoms with Gasteiger partial charge in [0.15, 0.2) is 11.5 Å². The maximum Gasteiger partial charge on any atom is 0.335 e. The molecule has 1 N–H and O–H groups in total. The van der Waals surface area contributed by atoms with Crippen LogP contribution in [0, 0.1) is 0 Å². The van der Waals surface area contributed by atoms with Crippen LogP contribution in [0.3, 0.4) is 0 Å². The Kier molecular flexibility index (Phi) is 9.37. The van der Waals surface area contributed by atoms with Crippen LogP contribution in [0.5, 0.6) is 11.5 Å². The molecule has 8 nitrogen and oxygen atoms in total. The molecule has 4 aromatic rings. The molecular weight excluding hydrogens is 586 g/mol. The number of hydrogen-bond donors (Lipinski definition) is 1. The molecule has 4 rings (SSSR count). The first-order chi connectivity index (χ1) is 18.8. The van der Waals surface area contributed by atoms with E-state index in [2.05, 4.69) is 28.0 Å². The van der Waals surface area contributed by atoms with E-state index in [1.54, 1.807) is 36.5 Å². The lowest BCUT2D eigenvalue weighted by Gasteiger charge is -2.15. The van der Waals surface area contributed by atoms with Gasteiger partial charge in [0.1, 0.15) is 12.4 Å². The summed E-state index contributed by atoms with van der Waals surface area (Å²) in [6.07, 6.45) is 3.98. The average Bonchev–Trinajstić information content (AvgIpc) is 2.92. The molecule has 0 aliphatic rings. The largest absolute Gasteiger partial charge is 0.490 e. The molecule has 0 radical (unpaired) electrons. The van der Waals surface area contributed by atoms with Crippen LogP contribution >= 0.6 is 27.5 Å². The molecular formula is C29H27BrClN3O5. The van der Waals surface area contributed by atoms with E-state index in [9.17, 15) is 9.59 Å². The Morgan fingerprint density at radius 2 is 1.90 bits per heavy atom. The van der Waals surface area contributed by atoms with Gasteiger partial charge in [-0.05, 0) is 66.9 Å². The highest BCUT2D eigenvalue weighted by atomic mass is 79.9. The average molecular weight is 613 g/mol. The molecule has 0 saturated carbocycles. The minimum absolute atomic E-state index is 0.168. The van der Waals surface area contributed by atoms with Crippen LogP contribution in [0.1, 0.15) is 54.0 Å². The third-order valence-corrected chi connectivity index (χ3v) is 6.64. The van der Waals surface area contributed by atoms with Crippen molar-refractivity contribution in [1.82, 2.24) is 9.66 Å². The topological polar surface area (TPSA) is 103 Å². The van der Waals surface area contributed by atoms with Crippen LogP contribution in [0.25, 0.3) is 10.9 Å². The zero-order valence-electron chi connectivity index (χ0n) is 21.5. The maximum absolute atomic E-state index is 13.3. The number of aromatic nitrogens is 2. The Labute approximate surface area is 239 Å². The first-order valence-corrected chi connectivity index (χ1v) is 13.6. The van der Waals surface area contributed by atoms with Crippen molar-refractivity contribution in [1.29, 1.82) is 0 Å². The monoisotopic (exact) mass is 611 g/mol. The van der Waals surface area contributed by atoms with Crippen LogP contribution in [-0.4, -0.2) is 33.6 Å². The summed E-state index contributed by atoms with van der Waals surface area (Å²) in [4.78, 5) is 29.1. The minimum Gasteiger partial charge on any atom is -0.490 e. The van der Waals surface area contributed by atoms with Gasteiger partial charge in [0.2, 0.25) is 0 Å². The molecule has 0 fully saturated rings. The molecule has 1 aromatic heterocycles. The third-order valence-electron chi connectivity index (χ3n) is 5.87. The summed E-state index contributed by atoms with van der Waals surface area (Å²) >= 11 is 10.0. The highest BCUT2D eigenvalue weighted by Crippen LogP contribution is 2.37. The van der Waals surface area contributed by atoms with Crippen molar-refractivity contribution >= 4 is 50.6 Å². The normalized spacial score (nSPS) is 11.3. The molecule has 10 heteroatoms. The zero-order chi connectivity index (χ0) is 27.9. The maximum atomic E-state index is 13.3. The second kappa shape index (κ2) is 12.9. The molecule has 0 atom stereocenters. The van der Waals surface area contributed by atoms with Crippen LogP contribution in [0.15, 0.2) is 69.0 Å². The SMILES string of the molecule is CCCCc1nc2ccc(Br)cc2c(=O)n1N=Cc1cc(Cl)c(OCc2ccc(C(=O)O)cc2)c(OCC)c1. The Morgan fingerprint density at radius 3 is 2.59 bits per heavy atom. The van der Waals surface area contributed by atoms with Gasteiger partial charge in [0, 0.05) is 10.9 Å². The van der Waals surface area contributed by atoms with E-state index in [0.29, 0.717) is 51.8 Å². The summed E-state index contributed by atoms with van der Waals surface area (Å²) < 4.78 is 13.9. The summed E-state index contributed by atoms with van der Waals surface area (Å²) in [7, 11) is 0. The van der Waals surface area contributed by atoms with Crippen molar-refractivity contribution in [2.24, 2.45) is 5.10 Å². The zero-order valence-corrected chi connectivity index (χ0v) is 23.8. The Morgan fingerprint density at radius 1 is 1.13 bits per heavy atom. The van der Waals surface area contributed by atoms with Gasteiger partial charge in [-0.1, -0.05) is 53.0 Å². The summed E-state index contributed by atoms with van der Waals surface area (Å²) in [6, 6.07) is 15.2. The van der Waals surface area contributed by atoms with Gasteiger partial charge in [0.25, 0.3) is 5.56 Å². The van der Waals surface area contributed by atoms with Gasteiger partial charge < -0.3 is 14.6 Å². The van der Waals surface area contributed by atoms with E-state index in [1.165, 1.54) is 16.8 Å². The fourth-order valence-corrected chi connectivity index (χ4v) is 4.53. The number of fused-ring (bicyclic) bond motifs is 1. The molecule has 0 spiro atoms. The predicted molar refractivity (Wildman–Crippen MR) is 156 cm³/mol. The van der Waals surface area contributed by atoms with E-state index >= 15 is 0 Å². The Hall–Kier alpha value is -3.69. The van der Waals surface area contributed by atoms with Crippen molar-refractivity contribution < 1.29 is 19.4 Å². The van der Waals surface area contributed by atoms with Crippen LogP contribution in [0.4, 0.5) is 0 Å².